The summed E-state index contributed by atoms with van der Waals surface area (Å²) < 4.78 is 43.5. The van der Waals surface area contributed by atoms with Crippen LogP contribution in [0, 0.1) is 6.92 Å². The zero-order chi connectivity index (χ0) is 17.2. The number of nitrogens with two attached hydrogens (primary N) is 1. The highest BCUT2D eigenvalue weighted by Crippen LogP contribution is 2.33. The topological polar surface area (TPSA) is 52.3 Å². The van der Waals surface area contributed by atoms with Crippen molar-refractivity contribution in [2.45, 2.75) is 19.5 Å². The molecule has 0 aliphatic rings. The third-order valence-corrected chi connectivity index (χ3v) is 3.56. The average Bonchev–Trinajstić information content (AvgIpc) is 2.49. The van der Waals surface area contributed by atoms with Gasteiger partial charge in [-0.1, -0.05) is 12.1 Å². The predicted octanol–water partition coefficient (Wildman–Crippen LogP) is 4.03. The first-order chi connectivity index (χ1) is 10.7. The molecule has 3 nitrogen and oxygen atoms in total. The molecule has 0 bridgehead atoms. The maximum Gasteiger partial charge on any atom is 0.416 e. The molecule has 0 amide bonds. The number of nitrogen functional groups attached to an aromatic ring is 1. The molecule has 2 aromatic rings. The molecule has 0 atom stereocenters. The van der Waals surface area contributed by atoms with Crippen molar-refractivity contribution in [1.82, 2.24) is 0 Å². The summed E-state index contributed by atoms with van der Waals surface area (Å²) in [6, 6.07) is 7.91. The lowest BCUT2D eigenvalue weighted by molar-refractivity contribution is -0.137. The van der Waals surface area contributed by atoms with Gasteiger partial charge in [-0.15, -0.1) is 0 Å². The lowest BCUT2D eigenvalue weighted by atomic mass is 9.99. The molecule has 122 valence electrons. The SMILES string of the molecule is COc1ccc(C(F)(F)F)cc1CC(=O)c1ccc(C)c(N)c1. The van der Waals surface area contributed by atoms with Gasteiger partial charge in [0.05, 0.1) is 12.7 Å². The fourth-order valence-electron chi connectivity index (χ4n) is 2.18. The van der Waals surface area contributed by atoms with Gasteiger partial charge in [0.2, 0.25) is 0 Å². The summed E-state index contributed by atoms with van der Waals surface area (Å²) in [4.78, 5) is 12.3. The van der Waals surface area contributed by atoms with Gasteiger partial charge in [-0.3, -0.25) is 4.79 Å². The fourth-order valence-corrected chi connectivity index (χ4v) is 2.18. The lowest BCUT2D eigenvalue weighted by Crippen LogP contribution is -2.09. The predicted molar refractivity (Wildman–Crippen MR) is 81.6 cm³/mol. The number of rotatable bonds is 4. The van der Waals surface area contributed by atoms with Crippen molar-refractivity contribution in [3.05, 3.63) is 58.7 Å². The van der Waals surface area contributed by atoms with Crippen molar-refractivity contribution in [2.75, 3.05) is 12.8 Å². The van der Waals surface area contributed by atoms with Gasteiger partial charge in [-0.25, -0.2) is 0 Å². The van der Waals surface area contributed by atoms with Crippen LogP contribution in [0.5, 0.6) is 5.75 Å². The molecule has 0 saturated heterocycles. The minimum Gasteiger partial charge on any atom is -0.496 e. The zero-order valence-electron chi connectivity index (χ0n) is 12.7. The highest BCUT2D eigenvalue weighted by atomic mass is 19.4. The second kappa shape index (κ2) is 6.32. The molecule has 23 heavy (non-hydrogen) atoms. The van der Waals surface area contributed by atoms with Gasteiger partial charge < -0.3 is 10.5 Å². The summed E-state index contributed by atoms with van der Waals surface area (Å²) in [6.45, 7) is 1.80. The van der Waals surface area contributed by atoms with E-state index in [-0.39, 0.29) is 23.5 Å². The van der Waals surface area contributed by atoms with Crippen LogP contribution in [0.25, 0.3) is 0 Å². The van der Waals surface area contributed by atoms with E-state index in [1.807, 2.05) is 0 Å². The molecule has 0 aromatic heterocycles. The van der Waals surface area contributed by atoms with Gasteiger partial charge in [-0.2, -0.15) is 13.2 Å². The number of carbonyl (C=O) groups excluding carboxylic acids is 1. The van der Waals surface area contributed by atoms with E-state index in [4.69, 9.17) is 10.5 Å². The average molecular weight is 323 g/mol. The Kier molecular flexibility index (Phi) is 4.63. The Morgan fingerprint density at radius 1 is 1.17 bits per heavy atom. The van der Waals surface area contributed by atoms with E-state index in [1.165, 1.54) is 19.2 Å². The second-order valence-corrected chi connectivity index (χ2v) is 5.20. The molecule has 0 aliphatic carbocycles. The van der Waals surface area contributed by atoms with Crippen molar-refractivity contribution in [3.8, 4) is 5.75 Å². The first-order valence-electron chi connectivity index (χ1n) is 6.86. The van der Waals surface area contributed by atoms with Crippen LogP contribution in [-0.2, 0) is 12.6 Å². The van der Waals surface area contributed by atoms with Crippen LogP contribution in [0.4, 0.5) is 18.9 Å². The molecule has 0 aliphatic heterocycles. The second-order valence-electron chi connectivity index (χ2n) is 5.20. The summed E-state index contributed by atoms with van der Waals surface area (Å²) in [5, 5.41) is 0. The number of alkyl halides is 3. The number of carbonyl (C=O) groups is 1. The molecular weight excluding hydrogens is 307 g/mol. The number of methoxy groups -OCH3 is 1. The summed E-state index contributed by atoms with van der Waals surface area (Å²) in [5.41, 5.74) is 6.79. The van der Waals surface area contributed by atoms with Gasteiger partial charge in [-0.05, 0) is 36.8 Å². The third kappa shape index (κ3) is 3.83. The van der Waals surface area contributed by atoms with Crippen molar-refractivity contribution >= 4 is 11.5 Å². The molecule has 0 heterocycles. The molecule has 0 saturated carbocycles. The standard InChI is InChI=1S/C17H16F3NO2/c1-10-3-4-11(8-14(10)21)15(22)9-12-7-13(17(18,19)20)5-6-16(12)23-2/h3-8H,9,21H2,1-2H3. The molecule has 0 radical (unpaired) electrons. The first kappa shape index (κ1) is 16.9. The first-order valence-corrected chi connectivity index (χ1v) is 6.86. The maximum absolute atomic E-state index is 12.8. The Bertz CT molecular complexity index is 739. The Morgan fingerprint density at radius 3 is 2.43 bits per heavy atom. The number of ketones is 1. The van der Waals surface area contributed by atoms with Crippen LogP contribution < -0.4 is 10.5 Å². The highest BCUT2D eigenvalue weighted by molar-refractivity contribution is 5.98. The molecule has 0 unspecified atom stereocenters. The van der Waals surface area contributed by atoms with E-state index in [0.717, 1.165) is 17.7 Å². The number of hydrogen-bond acceptors (Lipinski definition) is 3. The smallest absolute Gasteiger partial charge is 0.416 e. The number of Topliss-reactive ketones (excluding diaryl/α,β-unsaturated/α-hetero) is 1. The Morgan fingerprint density at radius 2 is 1.87 bits per heavy atom. The normalized spacial score (nSPS) is 11.3. The number of anilines is 1. The van der Waals surface area contributed by atoms with Gasteiger partial charge in [0.25, 0.3) is 0 Å². The van der Waals surface area contributed by atoms with Crippen molar-refractivity contribution in [2.24, 2.45) is 0 Å². The van der Waals surface area contributed by atoms with E-state index in [9.17, 15) is 18.0 Å². The maximum atomic E-state index is 12.8. The van der Waals surface area contributed by atoms with E-state index in [1.54, 1.807) is 19.1 Å². The Balaban J connectivity index is 2.34. The summed E-state index contributed by atoms with van der Waals surface area (Å²) in [7, 11) is 1.35. The molecule has 2 aromatic carbocycles. The van der Waals surface area contributed by atoms with Crippen molar-refractivity contribution in [1.29, 1.82) is 0 Å². The van der Waals surface area contributed by atoms with Crippen LogP contribution >= 0.6 is 0 Å². The van der Waals surface area contributed by atoms with Gasteiger partial charge in [0.1, 0.15) is 5.75 Å². The van der Waals surface area contributed by atoms with E-state index >= 15 is 0 Å². The van der Waals surface area contributed by atoms with E-state index in [0.29, 0.717) is 11.3 Å². The van der Waals surface area contributed by atoms with Crippen molar-refractivity contribution < 1.29 is 22.7 Å². The quantitative estimate of drug-likeness (QED) is 0.683. The van der Waals surface area contributed by atoms with Gasteiger partial charge >= 0.3 is 6.18 Å². The van der Waals surface area contributed by atoms with Crippen LogP contribution in [0.15, 0.2) is 36.4 Å². The number of aryl methyl sites for hydroxylation is 1. The minimum atomic E-state index is -4.47. The van der Waals surface area contributed by atoms with Crippen LogP contribution in [0.2, 0.25) is 0 Å². The molecule has 0 spiro atoms. The van der Waals surface area contributed by atoms with Crippen LogP contribution in [0.1, 0.15) is 27.0 Å². The van der Waals surface area contributed by atoms with Crippen LogP contribution in [-0.4, -0.2) is 12.9 Å². The molecular formula is C17H16F3NO2. The summed E-state index contributed by atoms with van der Waals surface area (Å²) in [5.74, 6) is -0.0826. The van der Waals surface area contributed by atoms with E-state index in [2.05, 4.69) is 0 Å². The number of hydrogen-bond donors (Lipinski definition) is 1. The molecule has 2 rings (SSSR count). The van der Waals surface area contributed by atoms with Gasteiger partial charge in [0, 0.05) is 23.2 Å². The molecule has 0 fully saturated rings. The van der Waals surface area contributed by atoms with Gasteiger partial charge in [0.15, 0.2) is 5.78 Å². The summed E-state index contributed by atoms with van der Waals surface area (Å²) >= 11 is 0. The third-order valence-electron chi connectivity index (χ3n) is 3.56. The highest BCUT2D eigenvalue weighted by Gasteiger charge is 2.31. The molecule has 2 N–H and O–H groups in total. The molecule has 6 heteroatoms. The zero-order valence-corrected chi connectivity index (χ0v) is 12.7. The van der Waals surface area contributed by atoms with Crippen LogP contribution in [0.3, 0.4) is 0 Å². The number of halogens is 3. The number of ether oxygens (including phenoxy) is 1. The lowest BCUT2D eigenvalue weighted by Gasteiger charge is -2.13. The van der Waals surface area contributed by atoms with Crippen molar-refractivity contribution in [3.63, 3.8) is 0 Å². The summed E-state index contributed by atoms with van der Waals surface area (Å²) in [6.07, 6.45) is -4.67. The number of benzene rings is 2. The Hall–Kier alpha value is -2.50. The Labute approximate surface area is 131 Å². The largest absolute Gasteiger partial charge is 0.496 e. The fraction of sp³-hybridized carbons (Fsp3) is 0.235. The monoisotopic (exact) mass is 323 g/mol. The minimum absolute atomic E-state index is 0.187. The van der Waals surface area contributed by atoms with E-state index < -0.39 is 11.7 Å².